The first kappa shape index (κ1) is 25.6. The summed E-state index contributed by atoms with van der Waals surface area (Å²) < 4.78 is 10.7. The van der Waals surface area contributed by atoms with Gasteiger partial charge in [0.05, 0.1) is 10.6 Å². The Kier molecular flexibility index (Phi) is 6.91. The number of hydrogen-bond acceptors (Lipinski definition) is 9. The van der Waals surface area contributed by atoms with E-state index < -0.39 is 11.0 Å². The average Bonchev–Trinajstić information content (AvgIpc) is 3.57. The van der Waals surface area contributed by atoms with Gasteiger partial charge in [-0.1, -0.05) is 42.1 Å². The van der Waals surface area contributed by atoms with E-state index in [0.29, 0.717) is 40.5 Å². The van der Waals surface area contributed by atoms with Crippen LogP contribution in [0.1, 0.15) is 29.5 Å². The summed E-state index contributed by atoms with van der Waals surface area (Å²) >= 11 is 1.37. The zero-order chi connectivity index (χ0) is 27.6. The Bertz CT molecular complexity index is 1590. The summed E-state index contributed by atoms with van der Waals surface area (Å²) in [7, 11) is 0. The number of nitrogens with zero attached hydrogens (tertiary/aromatic N) is 4. The van der Waals surface area contributed by atoms with E-state index in [4.69, 9.17) is 14.5 Å². The van der Waals surface area contributed by atoms with Gasteiger partial charge in [0.15, 0.2) is 16.7 Å². The summed E-state index contributed by atoms with van der Waals surface area (Å²) in [6.07, 6.45) is 0.363. The second kappa shape index (κ2) is 10.8. The Hall–Kier alpha value is -4.71. The van der Waals surface area contributed by atoms with Gasteiger partial charge in [0.1, 0.15) is 11.9 Å². The summed E-state index contributed by atoms with van der Waals surface area (Å²) in [5.41, 5.74) is 3.07. The van der Waals surface area contributed by atoms with Crippen LogP contribution in [0, 0.1) is 10.1 Å². The molecule has 3 aromatic rings. The second-order valence-corrected chi connectivity index (χ2v) is 10.2. The SMILES string of the molecule is O=C(CCC1C(=O)N=C2c3ccccc3N=C(SCc3cccc([N+](=O)[O-])c3)N21)NCc1ccc2c(c1)OCO2. The highest BCUT2D eigenvalue weighted by atomic mass is 32.2. The molecule has 0 aliphatic carbocycles. The molecule has 1 unspecified atom stereocenters. The van der Waals surface area contributed by atoms with E-state index in [-0.39, 0.29) is 37.1 Å². The number of para-hydroxylation sites is 1. The number of nitro benzene ring substituents is 1. The van der Waals surface area contributed by atoms with Crippen molar-refractivity contribution in [3.8, 4) is 11.5 Å². The number of nitro groups is 1. The van der Waals surface area contributed by atoms with Crippen LogP contribution in [0.15, 0.2) is 76.7 Å². The van der Waals surface area contributed by atoms with E-state index in [2.05, 4.69) is 10.3 Å². The predicted molar refractivity (Wildman–Crippen MR) is 149 cm³/mol. The number of benzene rings is 3. The molecule has 0 saturated heterocycles. The van der Waals surface area contributed by atoms with Crippen LogP contribution in [0.3, 0.4) is 0 Å². The Morgan fingerprint density at radius 2 is 1.90 bits per heavy atom. The first-order chi connectivity index (χ1) is 19.5. The monoisotopic (exact) mass is 557 g/mol. The molecule has 0 aromatic heterocycles. The molecule has 0 fully saturated rings. The molecule has 0 saturated carbocycles. The number of amidine groups is 2. The van der Waals surface area contributed by atoms with Gasteiger partial charge in [-0.25, -0.2) is 4.99 Å². The van der Waals surface area contributed by atoms with E-state index in [0.717, 1.165) is 16.7 Å². The molecule has 12 heteroatoms. The zero-order valence-electron chi connectivity index (χ0n) is 21.1. The van der Waals surface area contributed by atoms with E-state index in [9.17, 15) is 19.7 Å². The molecule has 3 aromatic carbocycles. The number of fused-ring (bicyclic) bond motifs is 4. The summed E-state index contributed by atoms with van der Waals surface area (Å²) in [5, 5.41) is 14.6. The van der Waals surface area contributed by atoms with Crippen LogP contribution in [-0.2, 0) is 21.9 Å². The summed E-state index contributed by atoms with van der Waals surface area (Å²) in [6, 6.07) is 18.7. The molecule has 1 atom stereocenters. The predicted octanol–water partition coefficient (Wildman–Crippen LogP) is 4.31. The number of amides is 2. The molecule has 0 bridgehead atoms. The highest BCUT2D eigenvalue weighted by molar-refractivity contribution is 8.13. The van der Waals surface area contributed by atoms with Crippen LogP contribution in [0.4, 0.5) is 11.4 Å². The molecule has 3 aliphatic rings. The largest absolute Gasteiger partial charge is 0.454 e. The average molecular weight is 558 g/mol. The number of hydrogen-bond donors (Lipinski definition) is 1. The van der Waals surface area contributed by atoms with Crippen molar-refractivity contribution < 1.29 is 24.0 Å². The van der Waals surface area contributed by atoms with Crippen LogP contribution in [0.25, 0.3) is 0 Å². The van der Waals surface area contributed by atoms with Gasteiger partial charge in [0.25, 0.3) is 11.6 Å². The topological polar surface area (TPSA) is 136 Å². The molecule has 6 rings (SSSR count). The van der Waals surface area contributed by atoms with Gasteiger partial charge in [-0.05, 0) is 41.8 Å². The smallest absolute Gasteiger partial charge is 0.270 e. The number of thioether (sulfide) groups is 1. The Labute approximate surface area is 233 Å². The number of rotatable bonds is 8. The van der Waals surface area contributed by atoms with Crippen molar-refractivity contribution in [2.45, 2.75) is 31.2 Å². The highest BCUT2D eigenvalue weighted by Crippen LogP contribution is 2.36. The summed E-state index contributed by atoms with van der Waals surface area (Å²) in [6.45, 7) is 0.499. The van der Waals surface area contributed by atoms with Crippen molar-refractivity contribution in [1.82, 2.24) is 10.2 Å². The molecular formula is C28H23N5O6S. The number of non-ortho nitro benzene ring substituents is 1. The number of nitrogens with one attached hydrogen (secondary N) is 1. The minimum absolute atomic E-state index is 0.0114. The van der Waals surface area contributed by atoms with Gasteiger partial charge in [-0.15, -0.1) is 0 Å². The summed E-state index contributed by atoms with van der Waals surface area (Å²) in [5.74, 6) is 1.70. The fourth-order valence-electron chi connectivity index (χ4n) is 4.69. The highest BCUT2D eigenvalue weighted by Gasteiger charge is 2.41. The van der Waals surface area contributed by atoms with E-state index in [1.54, 1.807) is 17.0 Å². The molecule has 0 radical (unpaired) electrons. The van der Waals surface area contributed by atoms with Gasteiger partial charge >= 0.3 is 0 Å². The number of ether oxygens (including phenoxy) is 2. The van der Waals surface area contributed by atoms with Crippen LogP contribution < -0.4 is 14.8 Å². The van der Waals surface area contributed by atoms with Crippen LogP contribution in [-0.4, -0.2) is 45.5 Å². The van der Waals surface area contributed by atoms with E-state index in [1.165, 1.54) is 23.9 Å². The van der Waals surface area contributed by atoms with Crippen molar-refractivity contribution in [3.05, 3.63) is 93.5 Å². The molecule has 3 aliphatic heterocycles. The molecule has 1 N–H and O–H groups in total. The van der Waals surface area contributed by atoms with Gasteiger partial charge in [0.2, 0.25) is 12.7 Å². The lowest BCUT2D eigenvalue weighted by atomic mass is 10.1. The zero-order valence-corrected chi connectivity index (χ0v) is 21.9. The van der Waals surface area contributed by atoms with E-state index >= 15 is 0 Å². The Morgan fingerprint density at radius 1 is 1.05 bits per heavy atom. The number of carbonyl (C=O) groups is 2. The molecule has 202 valence electrons. The summed E-state index contributed by atoms with van der Waals surface area (Å²) in [4.78, 5) is 47.5. The van der Waals surface area contributed by atoms with Crippen molar-refractivity contribution in [3.63, 3.8) is 0 Å². The third kappa shape index (κ3) is 5.13. The third-order valence-electron chi connectivity index (χ3n) is 6.67. The van der Waals surface area contributed by atoms with Crippen molar-refractivity contribution in [2.75, 3.05) is 6.79 Å². The normalized spacial score (nSPS) is 16.6. The quantitative estimate of drug-likeness (QED) is 0.320. The molecule has 0 spiro atoms. The van der Waals surface area contributed by atoms with Crippen LogP contribution in [0.5, 0.6) is 11.5 Å². The molecule has 3 heterocycles. The lowest BCUT2D eigenvalue weighted by Crippen LogP contribution is -2.44. The maximum atomic E-state index is 13.1. The molecule has 11 nitrogen and oxygen atoms in total. The number of carbonyl (C=O) groups excluding carboxylic acids is 2. The van der Waals surface area contributed by atoms with Gasteiger partial charge in [0, 0.05) is 36.4 Å². The van der Waals surface area contributed by atoms with E-state index in [1.807, 2.05) is 42.5 Å². The first-order valence-corrected chi connectivity index (χ1v) is 13.6. The van der Waals surface area contributed by atoms with Crippen LogP contribution >= 0.6 is 11.8 Å². The molecule has 2 amide bonds. The molecule has 40 heavy (non-hydrogen) atoms. The second-order valence-electron chi connectivity index (χ2n) is 9.29. The number of aliphatic imine (C=N–C) groups is 2. The maximum Gasteiger partial charge on any atom is 0.270 e. The lowest BCUT2D eigenvalue weighted by molar-refractivity contribution is -0.384. The van der Waals surface area contributed by atoms with Gasteiger partial charge in [-0.2, -0.15) is 4.99 Å². The third-order valence-corrected chi connectivity index (χ3v) is 7.69. The maximum absolute atomic E-state index is 13.1. The van der Waals surface area contributed by atoms with Crippen LogP contribution in [0.2, 0.25) is 0 Å². The van der Waals surface area contributed by atoms with Gasteiger partial charge < -0.3 is 14.8 Å². The Balaban J connectivity index is 1.15. The Morgan fingerprint density at radius 3 is 2.77 bits per heavy atom. The fraction of sp³-hybridized carbons (Fsp3) is 0.214. The first-order valence-electron chi connectivity index (χ1n) is 12.6. The van der Waals surface area contributed by atoms with Crippen molar-refractivity contribution in [1.29, 1.82) is 0 Å². The van der Waals surface area contributed by atoms with Crippen molar-refractivity contribution in [2.24, 2.45) is 9.98 Å². The lowest BCUT2D eigenvalue weighted by Gasteiger charge is -2.31. The van der Waals surface area contributed by atoms with Gasteiger partial charge in [-0.3, -0.25) is 24.6 Å². The minimum Gasteiger partial charge on any atom is -0.454 e. The standard InChI is InChI=1S/C28H23N5O6S/c34-25(29-14-17-8-10-23-24(13-17)39-16-38-23)11-9-22-27(35)31-26-20-6-1-2-7-21(20)30-28(32(22)26)40-15-18-4-3-5-19(12-18)33(36)37/h1-8,10,12-13,22H,9,11,14-16H2,(H,29,34). The minimum atomic E-state index is -0.684. The van der Waals surface area contributed by atoms with Crippen molar-refractivity contribution >= 4 is 46.0 Å². The molecular weight excluding hydrogens is 534 g/mol. The fourth-order valence-corrected chi connectivity index (χ4v) is 5.68.